The number of fused-ring (bicyclic) bond motifs is 1. The third-order valence-corrected chi connectivity index (χ3v) is 4.96. The molecule has 1 saturated heterocycles. The van der Waals surface area contributed by atoms with Crippen molar-refractivity contribution in [3.05, 3.63) is 35.6 Å². The minimum Gasteiger partial charge on any atom is -0.378 e. The molecule has 1 saturated carbocycles. The Labute approximate surface area is 150 Å². The van der Waals surface area contributed by atoms with Crippen molar-refractivity contribution in [2.75, 3.05) is 31.2 Å². The number of hydrogen-bond acceptors (Lipinski definition) is 5. The Bertz CT molecular complexity index is 930. The van der Waals surface area contributed by atoms with E-state index in [1.807, 2.05) is 12.3 Å². The summed E-state index contributed by atoms with van der Waals surface area (Å²) < 4.78 is 7.54. The molecule has 1 aliphatic carbocycles. The van der Waals surface area contributed by atoms with Crippen LogP contribution in [-0.4, -0.2) is 46.1 Å². The van der Waals surface area contributed by atoms with E-state index in [9.17, 15) is 0 Å². The second-order valence-corrected chi connectivity index (χ2v) is 6.96. The highest BCUT2D eigenvalue weighted by Crippen LogP contribution is 2.37. The summed E-state index contributed by atoms with van der Waals surface area (Å²) in [4.78, 5) is 11.3. The fraction of sp³-hybridized carbons (Fsp3) is 0.389. The van der Waals surface area contributed by atoms with Crippen LogP contribution in [0.2, 0.25) is 5.15 Å². The molecule has 2 aromatic heterocycles. The lowest BCUT2D eigenvalue weighted by molar-refractivity contribution is 0.122. The van der Waals surface area contributed by atoms with E-state index in [-0.39, 0.29) is 0 Å². The minimum atomic E-state index is 0.460. The first-order valence-corrected chi connectivity index (χ1v) is 9.01. The van der Waals surface area contributed by atoms with E-state index in [4.69, 9.17) is 21.3 Å². The van der Waals surface area contributed by atoms with Gasteiger partial charge in [-0.2, -0.15) is 5.10 Å². The van der Waals surface area contributed by atoms with Gasteiger partial charge in [-0.3, -0.25) is 4.68 Å². The molecule has 2 fully saturated rings. The van der Waals surface area contributed by atoms with Crippen LogP contribution in [-0.2, 0) is 4.74 Å². The molecular formula is C18H18ClN5O. The molecule has 3 aromatic rings. The first-order valence-electron chi connectivity index (χ1n) is 8.63. The van der Waals surface area contributed by atoms with Gasteiger partial charge in [-0.05, 0) is 18.9 Å². The Morgan fingerprint density at radius 3 is 2.72 bits per heavy atom. The molecule has 0 bridgehead atoms. The highest BCUT2D eigenvalue weighted by atomic mass is 35.5. The number of hydrogen-bond donors (Lipinski definition) is 0. The zero-order valence-electron chi connectivity index (χ0n) is 13.7. The van der Waals surface area contributed by atoms with E-state index in [2.05, 4.69) is 37.9 Å². The Kier molecular flexibility index (Phi) is 3.60. The fourth-order valence-corrected chi connectivity index (χ4v) is 3.44. The second kappa shape index (κ2) is 5.97. The van der Waals surface area contributed by atoms with Gasteiger partial charge in [-0.25, -0.2) is 9.97 Å². The lowest BCUT2D eigenvalue weighted by Crippen LogP contribution is -2.37. The smallest absolute Gasteiger partial charge is 0.227 e. The van der Waals surface area contributed by atoms with E-state index in [1.54, 1.807) is 0 Å². The van der Waals surface area contributed by atoms with Gasteiger partial charge in [-0.15, -0.1) is 0 Å². The van der Waals surface area contributed by atoms with E-state index in [0.717, 1.165) is 35.2 Å². The van der Waals surface area contributed by atoms with Crippen molar-refractivity contribution in [3.63, 3.8) is 0 Å². The Balaban J connectivity index is 1.56. The van der Waals surface area contributed by atoms with Crippen LogP contribution in [0.4, 0.5) is 5.95 Å². The molecule has 0 N–H and O–H groups in total. The minimum absolute atomic E-state index is 0.460. The monoisotopic (exact) mass is 355 g/mol. The normalized spacial score (nSPS) is 18.0. The first kappa shape index (κ1) is 15.1. The van der Waals surface area contributed by atoms with Crippen LogP contribution in [0.25, 0.3) is 22.2 Å². The molecule has 0 spiro atoms. The van der Waals surface area contributed by atoms with Gasteiger partial charge in [0.2, 0.25) is 5.95 Å². The molecule has 3 heterocycles. The fourth-order valence-electron chi connectivity index (χ4n) is 3.27. The Morgan fingerprint density at radius 1 is 1.08 bits per heavy atom. The topological polar surface area (TPSA) is 56.1 Å². The molecule has 6 nitrogen and oxygen atoms in total. The van der Waals surface area contributed by atoms with E-state index < -0.39 is 0 Å². The van der Waals surface area contributed by atoms with Crippen molar-refractivity contribution in [2.24, 2.45) is 0 Å². The quantitative estimate of drug-likeness (QED) is 0.674. The van der Waals surface area contributed by atoms with Crippen LogP contribution in [0.15, 0.2) is 30.5 Å². The van der Waals surface area contributed by atoms with Crippen LogP contribution in [0, 0.1) is 0 Å². The van der Waals surface area contributed by atoms with Crippen molar-refractivity contribution >= 4 is 28.5 Å². The summed E-state index contributed by atoms with van der Waals surface area (Å²) in [5.74, 6) is 0.668. The van der Waals surface area contributed by atoms with Gasteiger partial charge >= 0.3 is 0 Å². The standard InChI is InChI=1S/C18H18ClN5O/c19-17-10-15(21-18(22-17)23-5-7-25-8-6-23)12-1-2-13-11-20-24(14-3-4-14)16(13)9-12/h1-2,9-11,14H,3-8H2. The molecule has 7 heteroatoms. The van der Waals surface area contributed by atoms with Crippen LogP contribution in [0.1, 0.15) is 18.9 Å². The van der Waals surface area contributed by atoms with Crippen LogP contribution >= 0.6 is 11.6 Å². The largest absolute Gasteiger partial charge is 0.378 e. The van der Waals surface area contributed by atoms with Gasteiger partial charge < -0.3 is 9.64 Å². The second-order valence-electron chi connectivity index (χ2n) is 6.57. The van der Waals surface area contributed by atoms with E-state index in [1.165, 1.54) is 12.8 Å². The molecular weight excluding hydrogens is 338 g/mol. The molecule has 0 radical (unpaired) electrons. The summed E-state index contributed by atoms with van der Waals surface area (Å²) >= 11 is 6.28. The number of nitrogens with zero attached hydrogens (tertiary/aromatic N) is 5. The van der Waals surface area contributed by atoms with Crippen LogP contribution < -0.4 is 4.90 Å². The van der Waals surface area contributed by atoms with Gasteiger partial charge in [0.1, 0.15) is 5.15 Å². The molecule has 2 aliphatic rings. The Hall–Kier alpha value is -2.18. The maximum Gasteiger partial charge on any atom is 0.227 e. The third-order valence-electron chi connectivity index (χ3n) is 4.76. The first-order chi connectivity index (χ1) is 12.3. The number of anilines is 1. The molecule has 128 valence electrons. The van der Waals surface area contributed by atoms with Gasteiger partial charge in [0, 0.05) is 30.1 Å². The SMILES string of the molecule is Clc1cc(-c2ccc3cnn(C4CC4)c3c2)nc(N2CCOCC2)n1. The van der Waals surface area contributed by atoms with E-state index >= 15 is 0 Å². The maximum absolute atomic E-state index is 6.28. The molecule has 1 aromatic carbocycles. The maximum atomic E-state index is 6.28. The summed E-state index contributed by atoms with van der Waals surface area (Å²) in [6.45, 7) is 2.95. The molecule has 0 amide bonds. The molecule has 25 heavy (non-hydrogen) atoms. The molecule has 0 unspecified atom stereocenters. The predicted molar refractivity (Wildman–Crippen MR) is 97.1 cm³/mol. The van der Waals surface area contributed by atoms with Crippen molar-refractivity contribution in [1.29, 1.82) is 0 Å². The lowest BCUT2D eigenvalue weighted by Gasteiger charge is -2.27. The summed E-state index contributed by atoms with van der Waals surface area (Å²) in [5, 5.41) is 6.15. The van der Waals surface area contributed by atoms with E-state index in [0.29, 0.717) is 30.4 Å². The summed E-state index contributed by atoms with van der Waals surface area (Å²) in [6, 6.07) is 8.70. The summed E-state index contributed by atoms with van der Waals surface area (Å²) in [6.07, 6.45) is 4.35. The number of rotatable bonds is 3. The molecule has 5 rings (SSSR count). The summed E-state index contributed by atoms with van der Waals surface area (Å²) in [7, 11) is 0. The number of morpholine rings is 1. The zero-order chi connectivity index (χ0) is 16.8. The number of benzene rings is 1. The number of aromatic nitrogens is 4. The van der Waals surface area contributed by atoms with Crippen molar-refractivity contribution in [2.45, 2.75) is 18.9 Å². The van der Waals surface area contributed by atoms with Gasteiger partial charge in [-0.1, -0.05) is 23.7 Å². The molecule has 0 atom stereocenters. The highest BCUT2D eigenvalue weighted by molar-refractivity contribution is 6.29. The van der Waals surface area contributed by atoms with Crippen LogP contribution in [0.3, 0.4) is 0 Å². The van der Waals surface area contributed by atoms with Gasteiger partial charge in [0.05, 0.1) is 36.7 Å². The van der Waals surface area contributed by atoms with Gasteiger partial charge in [0.25, 0.3) is 0 Å². The molecule has 1 aliphatic heterocycles. The van der Waals surface area contributed by atoms with Crippen molar-refractivity contribution < 1.29 is 4.74 Å². The number of ether oxygens (including phenoxy) is 1. The summed E-state index contributed by atoms with van der Waals surface area (Å²) in [5.41, 5.74) is 3.03. The third kappa shape index (κ3) is 2.85. The average Bonchev–Trinajstić information content (AvgIpc) is 3.41. The van der Waals surface area contributed by atoms with Gasteiger partial charge in [0.15, 0.2) is 0 Å². The lowest BCUT2D eigenvalue weighted by atomic mass is 10.1. The average molecular weight is 356 g/mol. The number of halogens is 1. The van der Waals surface area contributed by atoms with Crippen LogP contribution in [0.5, 0.6) is 0 Å². The Morgan fingerprint density at radius 2 is 1.92 bits per heavy atom. The highest BCUT2D eigenvalue weighted by Gasteiger charge is 2.26. The zero-order valence-corrected chi connectivity index (χ0v) is 14.5. The predicted octanol–water partition coefficient (Wildman–Crippen LogP) is 3.32. The van der Waals surface area contributed by atoms with Crippen molar-refractivity contribution in [3.8, 4) is 11.3 Å². The van der Waals surface area contributed by atoms with Crippen molar-refractivity contribution in [1.82, 2.24) is 19.7 Å².